The van der Waals surface area contributed by atoms with Gasteiger partial charge in [-0.25, -0.2) is 4.39 Å². The number of nitrogens with one attached hydrogen (secondary N) is 2. The Balaban J connectivity index is 1.79. The quantitative estimate of drug-likeness (QED) is 0.732. The molecule has 0 aliphatic carbocycles. The molecule has 2 rings (SSSR count). The lowest BCUT2D eigenvalue weighted by Gasteiger charge is -2.14. The number of benzene rings is 2. The van der Waals surface area contributed by atoms with Crippen LogP contribution in [0, 0.1) is 5.82 Å². The maximum absolute atomic E-state index is 12.9. The molecule has 2 aromatic rings. The van der Waals surface area contributed by atoms with E-state index in [1.54, 1.807) is 36.4 Å². The lowest BCUT2D eigenvalue weighted by Crippen LogP contribution is -2.35. The average molecular weight is 372 g/mol. The first-order valence-electron chi connectivity index (χ1n) is 8.41. The molecule has 0 radical (unpaired) electrons. The number of anilines is 1. The second-order valence-electron chi connectivity index (χ2n) is 6.03. The molecule has 1 atom stereocenters. The summed E-state index contributed by atoms with van der Waals surface area (Å²) in [6.07, 6.45) is -0.938. The minimum atomic E-state index is -0.948. The van der Waals surface area contributed by atoms with Crippen molar-refractivity contribution in [3.05, 3.63) is 65.5 Å². The molecule has 2 aromatic carbocycles. The maximum atomic E-state index is 12.9. The highest BCUT2D eigenvalue weighted by atomic mass is 19.1. The summed E-state index contributed by atoms with van der Waals surface area (Å²) in [5.74, 6) is -1.50. The minimum Gasteiger partial charge on any atom is -0.452 e. The van der Waals surface area contributed by atoms with Crippen molar-refractivity contribution in [2.24, 2.45) is 0 Å². The highest BCUT2D eigenvalue weighted by Crippen LogP contribution is 2.11. The molecule has 2 amide bonds. The lowest BCUT2D eigenvalue weighted by atomic mass is 10.1. The Morgan fingerprint density at radius 1 is 1.00 bits per heavy atom. The van der Waals surface area contributed by atoms with Gasteiger partial charge in [0.1, 0.15) is 5.82 Å². The Labute approximate surface area is 156 Å². The largest absolute Gasteiger partial charge is 0.452 e. The van der Waals surface area contributed by atoms with Crippen LogP contribution in [0.25, 0.3) is 0 Å². The number of halogens is 1. The van der Waals surface area contributed by atoms with Crippen LogP contribution in [-0.4, -0.2) is 23.9 Å². The molecule has 0 saturated carbocycles. The predicted octanol–water partition coefficient (Wildman–Crippen LogP) is 2.57. The van der Waals surface area contributed by atoms with E-state index >= 15 is 0 Å². The molecule has 0 spiro atoms. The zero-order valence-electron chi connectivity index (χ0n) is 15.1. The molecule has 0 saturated heterocycles. The summed E-state index contributed by atoms with van der Waals surface area (Å²) in [5, 5.41) is 5.27. The molecule has 0 bridgehead atoms. The lowest BCUT2D eigenvalue weighted by molar-refractivity contribution is -0.154. The Morgan fingerprint density at radius 2 is 1.59 bits per heavy atom. The van der Waals surface area contributed by atoms with E-state index < -0.39 is 18.0 Å². The van der Waals surface area contributed by atoms with Gasteiger partial charge in [-0.05, 0) is 42.3 Å². The third-order valence-corrected chi connectivity index (χ3v) is 3.68. The SMILES string of the molecule is CC(=O)Nc1ccc(CC(=O)O[C@H](C)C(=O)NCc2ccc(F)cc2)cc1. The number of hydrogen-bond acceptors (Lipinski definition) is 4. The molecule has 0 aliphatic rings. The number of carbonyl (C=O) groups is 3. The summed E-state index contributed by atoms with van der Waals surface area (Å²) in [6, 6.07) is 12.5. The summed E-state index contributed by atoms with van der Waals surface area (Å²) in [5.41, 5.74) is 2.07. The fourth-order valence-corrected chi connectivity index (χ4v) is 2.30. The zero-order chi connectivity index (χ0) is 19.8. The van der Waals surface area contributed by atoms with Crippen molar-refractivity contribution in [2.45, 2.75) is 32.9 Å². The number of esters is 1. The fourth-order valence-electron chi connectivity index (χ4n) is 2.30. The van der Waals surface area contributed by atoms with E-state index in [4.69, 9.17) is 4.74 Å². The average Bonchev–Trinajstić information content (AvgIpc) is 2.62. The van der Waals surface area contributed by atoms with Gasteiger partial charge in [0.05, 0.1) is 6.42 Å². The first-order valence-corrected chi connectivity index (χ1v) is 8.41. The zero-order valence-corrected chi connectivity index (χ0v) is 15.1. The second-order valence-corrected chi connectivity index (χ2v) is 6.03. The minimum absolute atomic E-state index is 0.00985. The third-order valence-electron chi connectivity index (χ3n) is 3.68. The molecular formula is C20H21FN2O4. The summed E-state index contributed by atoms with van der Waals surface area (Å²) in [6.45, 7) is 3.11. The Morgan fingerprint density at radius 3 is 2.19 bits per heavy atom. The number of ether oxygens (including phenoxy) is 1. The third kappa shape index (κ3) is 6.89. The van der Waals surface area contributed by atoms with Crippen LogP contribution in [0.1, 0.15) is 25.0 Å². The van der Waals surface area contributed by atoms with Crippen molar-refractivity contribution in [1.82, 2.24) is 5.32 Å². The summed E-state index contributed by atoms with van der Waals surface area (Å²) >= 11 is 0. The molecule has 0 unspecified atom stereocenters. The highest BCUT2D eigenvalue weighted by molar-refractivity contribution is 5.88. The molecule has 0 fully saturated rings. The van der Waals surface area contributed by atoms with Crippen LogP contribution in [0.2, 0.25) is 0 Å². The van der Waals surface area contributed by atoms with Gasteiger partial charge in [-0.2, -0.15) is 0 Å². The van der Waals surface area contributed by atoms with Gasteiger partial charge in [-0.1, -0.05) is 24.3 Å². The van der Waals surface area contributed by atoms with Gasteiger partial charge in [0.25, 0.3) is 5.91 Å². The Bertz CT molecular complexity index is 804. The molecule has 6 nitrogen and oxygen atoms in total. The highest BCUT2D eigenvalue weighted by Gasteiger charge is 2.17. The molecular weight excluding hydrogens is 351 g/mol. The van der Waals surface area contributed by atoms with Crippen molar-refractivity contribution < 1.29 is 23.5 Å². The van der Waals surface area contributed by atoms with E-state index in [1.807, 2.05) is 0 Å². The first-order chi connectivity index (χ1) is 12.8. The van der Waals surface area contributed by atoms with Crippen LogP contribution < -0.4 is 10.6 Å². The second kappa shape index (κ2) is 9.47. The van der Waals surface area contributed by atoms with E-state index in [-0.39, 0.29) is 24.7 Å². The standard InChI is InChI=1S/C20H21FN2O4/c1-13(20(26)22-12-16-3-7-17(21)8-4-16)27-19(25)11-15-5-9-18(10-6-15)23-14(2)24/h3-10,13H,11-12H2,1-2H3,(H,22,26)(H,23,24)/t13-/m1/s1. The first kappa shape index (κ1) is 20.1. The maximum Gasteiger partial charge on any atom is 0.311 e. The molecule has 0 aliphatic heterocycles. The predicted molar refractivity (Wildman–Crippen MR) is 98.3 cm³/mol. The topological polar surface area (TPSA) is 84.5 Å². The van der Waals surface area contributed by atoms with Gasteiger partial charge in [0.2, 0.25) is 5.91 Å². The van der Waals surface area contributed by atoms with E-state index in [9.17, 15) is 18.8 Å². The van der Waals surface area contributed by atoms with E-state index in [1.165, 1.54) is 26.0 Å². The van der Waals surface area contributed by atoms with E-state index in [2.05, 4.69) is 10.6 Å². The summed E-state index contributed by atoms with van der Waals surface area (Å²) in [4.78, 5) is 35.0. The van der Waals surface area contributed by atoms with Crippen LogP contribution in [0.5, 0.6) is 0 Å². The summed E-state index contributed by atoms with van der Waals surface area (Å²) < 4.78 is 18.0. The van der Waals surface area contributed by atoms with Gasteiger partial charge in [0.15, 0.2) is 6.10 Å². The van der Waals surface area contributed by atoms with Gasteiger partial charge < -0.3 is 15.4 Å². The fraction of sp³-hybridized carbons (Fsp3) is 0.250. The van der Waals surface area contributed by atoms with Gasteiger partial charge in [0, 0.05) is 19.2 Å². The van der Waals surface area contributed by atoms with Crippen LogP contribution in [-0.2, 0) is 32.1 Å². The molecule has 2 N–H and O–H groups in total. The van der Waals surface area contributed by atoms with Gasteiger partial charge >= 0.3 is 5.97 Å². The van der Waals surface area contributed by atoms with Crippen LogP contribution in [0.4, 0.5) is 10.1 Å². The Hall–Kier alpha value is -3.22. The van der Waals surface area contributed by atoms with Crippen molar-refractivity contribution in [1.29, 1.82) is 0 Å². The number of amides is 2. The normalized spacial score (nSPS) is 11.4. The molecule has 0 heterocycles. The molecule has 7 heteroatoms. The van der Waals surface area contributed by atoms with Crippen molar-refractivity contribution >= 4 is 23.5 Å². The number of hydrogen-bond donors (Lipinski definition) is 2. The molecule has 142 valence electrons. The van der Waals surface area contributed by atoms with Crippen molar-refractivity contribution in [3.8, 4) is 0 Å². The Kier molecular flexibility index (Phi) is 7.05. The number of rotatable bonds is 7. The van der Waals surface area contributed by atoms with Crippen LogP contribution in [0.15, 0.2) is 48.5 Å². The smallest absolute Gasteiger partial charge is 0.311 e. The molecule has 27 heavy (non-hydrogen) atoms. The monoisotopic (exact) mass is 372 g/mol. The van der Waals surface area contributed by atoms with Gasteiger partial charge in [-0.3, -0.25) is 14.4 Å². The van der Waals surface area contributed by atoms with E-state index in [0.717, 1.165) is 5.56 Å². The molecule has 0 aromatic heterocycles. The summed E-state index contributed by atoms with van der Waals surface area (Å²) in [7, 11) is 0. The van der Waals surface area contributed by atoms with Crippen molar-refractivity contribution in [2.75, 3.05) is 5.32 Å². The van der Waals surface area contributed by atoms with Crippen molar-refractivity contribution in [3.63, 3.8) is 0 Å². The van der Waals surface area contributed by atoms with Crippen LogP contribution in [0.3, 0.4) is 0 Å². The van der Waals surface area contributed by atoms with E-state index in [0.29, 0.717) is 11.3 Å². The number of carbonyl (C=O) groups excluding carboxylic acids is 3. The van der Waals surface area contributed by atoms with Crippen LogP contribution >= 0.6 is 0 Å². The van der Waals surface area contributed by atoms with Gasteiger partial charge in [-0.15, -0.1) is 0 Å².